The number of hydrogen-bond donors (Lipinski definition) is 0. The molecule has 0 N–H and O–H groups in total. The lowest BCUT2D eigenvalue weighted by Gasteiger charge is -1.99. The molecule has 0 amide bonds. The summed E-state index contributed by atoms with van der Waals surface area (Å²) in [7, 11) is 3.59. The molecule has 1 aromatic heterocycles. The highest BCUT2D eigenvalue weighted by Crippen LogP contribution is 2.42. The van der Waals surface area contributed by atoms with Crippen LogP contribution in [0.5, 0.6) is 0 Å². The minimum Gasteiger partial charge on any atom is -0.276 e. The average Bonchev–Trinajstić information content (AvgIpc) is 2.98. The standard InChI is InChI=1S/C9H12N3O/c1-11-9(13)12(7-4-5-7)8(10-11)6-2-3-6/h6-7H,1-5H2. The molecule has 1 radical (unpaired) electrons. The van der Waals surface area contributed by atoms with E-state index in [4.69, 9.17) is 0 Å². The first-order chi connectivity index (χ1) is 6.27. The van der Waals surface area contributed by atoms with Gasteiger partial charge in [-0.05, 0) is 25.7 Å². The van der Waals surface area contributed by atoms with Crippen LogP contribution in [0.3, 0.4) is 0 Å². The maximum Gasteiger partial charge on any atom is 0.346 e. The predicted octanol–water partition coefficient (Wildman–Crippen LogP) is 0.897. The Kier molecular flexibility index (Phi) is 1.27. The Labute approximate surface area is 76.2 Å². The third-order valence-electron chi connectivity index (χ3n) is 2.75. The van der Waals surface area contributed by atoms with E-state index in [1.807, 2.05) is 4.57 Å². The Balaban J connectivity index is 2.15. The summed E-state index contributed by atoms with van der Waals surface area (Å²) < 4.78 is 3.08. The zero-order valence-corrected chi connectivity index (χ0v) is 7.44. The van der Waals surface area contributed by atoms with Gasteiger partial charge in [0.25, 0.3) is 0 Å². The van der Waals surface area contributed by atoms with Gasteiger partial charge in [0.1, 0.15) is 5.82 Å². The summed E-state index contributed by atoms with van der Waals surface area (Å²) in [5, 5.41) is 4.19. The number of rotatable bonds is 2. The monoisotopic (exact) mass is 178 g/mol. The second kappa shape index (κ2) is 2.25. The second-order valence-electron chi connectivity index (χ2n) is 4.02. The molecule has 2 saturated carbocycles. The number of nitrogens with zero attached hydrogens (tertiary/aromatic N) is 3. The number of hydrogen-bond acceptors (Lipinski definition) is 2. The van der Waals surface area contributed by atoms with E-state index in [0.29, 0.717) is 12.0 Å². The molecule has 2 fully saturated rings. The molecule has 2 aliphatic carbocycles. The molecule has 0 aromatic carbocycles. The lowest BCUT2D eigenvalue weighted by atomic mass is 10.4. The van der Waals surface area contributed by atoms with Crippen LogP contribution in [0.1, 0.15) is 43.5 Å². The third-order valence-corrected chi connectivity index (χ3v) is 2.75. The molecule has 3 rings (SSSR count). The lowest BCUT2D eigenvalue weighted by Crippen LogP contribution is -2.21. The van der Waals surface area contributed by atoms with Crippen molar-refractivity contribution in [3.05, 3.63) is 23.4 Å². The summed E-state index contributed by atoms with van der Waals surface area (Å²) in [5.41, 5.74) is -0.0376. The largest absolute Gasteiger partial charge is 0.346 e. The van der Waals surface area contributed by atoms with Crippen molar-refractivity contribution in [1.29, 1.82) is 0 Å². The summed E-state index contributed by atoms with van der Waals surface area (Å²) in [6.45, 7) is 0. The summed E-state index contributed by atoms with van der Waals surface area (Å²) in [4.78, 5) is 11.6. The zero-order valence-electron chi connectivity index (χ0n) is 7.44. The molecule has 0 saturated heterocycles. The van der Waals surface area contributed by atoms with Crippen molar-refractivity contribution < 1.29 is 0 Å². The molecule has 0 spiro atoms. The Morgan fingerprint density at radius 1 is 1.31 bits per heavy atom. The van der Waals surface area contributed by atoms with Gasteiger partial charge in [0.15, 0.2) is 0 Å². The molecule has 0 bridgehead atoms. The van der Waals surface area contributed by atoms with Crippen LogP contribution in [0.15, 0.2) is 4.79 Å². The van der Waals surface area contributed by atoms with Gasteiger partial charge in [0.2, 0.25) is 0 Å². The summed E-state index contributed by atoms with van der Waals surface area (Å²) in [5.74, 6) is 1.51. The fraction of sp³-hybridized carbons (Fsp3) is 0.667. The van der Waals surface area contributed by atoms with Crippen LogP contribution in [0, 0.1) is 7.05 Å². The summed E-state index contributed by atoms with van der Waals surface area (Å²) in [6, 6.07) is 0.429. The van der Waals surface area contributed by atoms with Gasteiger partial charge in [-0.1, -0.05) is 0 Å². The molecule has 4 nitrogen and oxygen atoms in total. The van der Waals surface area contributed by atoms with Gasteiger partial charge >= 0.3 is 5.69 Å². The molecular weight excluding hydrogens is 166 g/mol. The van der Waals surface area contributed by atoms with E-state index < -0.39 is 0 Å². The molecule has 1 heterocycles. The van der Waals surface area contributed by atoms with Crippen molar-refractivity contribution in [1.82, 2.24) is 14.3 Å². The van der Waals surface area contributed by atoms with Gasteiger partial charge < -0.3 is 0 Å². The van der Waals surface area contributed by atoms with E-state index in [1.54, 1.807) is 0 Å². The van der Waals surface area contributed by atoms with Gasteiger partial charge in [-0.15, -0.1) is 0 Å². The summed E-state index contributed by atoms with van der Waals surface area (Å²) in [6.07, 6.45) is 4.63. The summed E-state index contributed by atoms with van der Waals surface area (Å²) >= 11 is 0. The lowest BCUT2D eigenvalue weighted by molar-refractivity contribution is 0.659. The second-order valence-corrected chi connectivity index (χ2v) is 4.02. The molecule has 13 heavy (non-hydrogen) atoms. The van der Waals surface area contributed by atoms with Crippen molar-refractivity contribution in [2.75, 3.05) is 0 Å². The highest BCUT2D eigenvalue weighted by molar-refractivity contribution is 5.08. The Hall–Kier alpha value is -1.06. The van der Waals surface area contributed by atoms with E-state index in [-0.39, 0.29) is 5.69 Å². The first-order valence-electron chi connectivity index (χ1n) is 4.79. The maximum absolute atomic E-state index is 11.6. The third kappa shape index (κ3) is 1.04. The topological polar surface area (TPSA) is 39.8 Å². The molecule has 0 unspecified atom stereocenters. The van der Waals surface area contributed by atoms with Crippen LogP contribution in [0.4, 0.5) is 0 Å². The van der Waals surface area contributed by atoms with Crippen LogP contribution < -0.4 is 5.69 Å². The minimum atomic E-state index is -0.0376. The quantitative estimate of drug-likeness (QED) is 0.675. The molecular formula is C9H12N3O. The zero-order chi connectivity index (χ0) is 9.00. The Morgan fingerprint density at radius 3 is 2.54 bits per heavy atom. The van der Waals surface area contributed by atoms with E-state index in [0.717, 1.165) is 18.7 Å². The molecule has 1 aromatic rings. The van der Waals surface area contributed by atoms with E-state index in [9.17, 15) is 4.79 Å². The van der Waals surface area contributed by atoms with Crippen molar-refractivity contribution >= 4 is 0 Å². The maximum atomic E-state index is 11.6. The van der Waals surface area contributed by atoms with Gasteiger partial charge in [-0.2, -0.15) is 5.10 Å². The van der Waals surface area contributed by atoms with Crippen LogP contribution in [0.2, 0.25) is 0 Å². The first kappa shape index (κ1) is 7.35. The minimum absolute atomic E-state index is 0.0376. The van der Waals surface area contributed by atoms with Gasteiger partial charge in [-0.3, -0.25) is 4.57 Å². The molecule has 0 aliphatic heterocycles. The molecule has 69 valence electrons. The van der Waals surface area contributed by atoms with Gasteiger partial charge in [0.05, 0.1) is 7.05 Å². The van der Waals surface area contributed by atoms with Crippen molar-refractivity contribution in [2.24, 2.45) is 0 Å². The van der Waals surface area contributed by atoms with Crippen LogP contribution in [-0.4, -0.2) is 14.3 Å². The molecule has 2 aliphatic rings. The van der Waals surface area contributed by atoms with Crippen molar-refractivity contribution in [3.8, 4) is 0 Å². The predicted molar refractivity (Wildman–Crippen MR) is 47.5 cm³/mol. The van der Waals surface area contributed by atoms with E-state index in [2.05, 4.69) is 12.1 Å². The SMILES string of the molecule is [CH2]n1nc(C2CC2)n(C2CC2)c1=O. The van der Waals surface area contributed by atoms with Gasteiger partial charge in [-0.25, -0.2) is 9.48 Å². The highest BCUT2D eigenvalue weighted by atomic mass is 16.2. The van der Waals surface area contributed by atoms with Crippen molar-refractivity contribution in [3.63, 3.8) is 0 Å². The van der Waals surface area contributed by atoms with Crippen LogP contribution >= 0.6 is 0 Å². The van der Waals surface area contributed by atoms with E-state index in [1.165, 1.54) is 17.5 Å². The fourth-order valence-electron chi connectivity index (χ4n) is 1.73. The van der Waals surface area contributed by atoms with Crippen molar-refractivity contribution in [2.45, 2.75) is 37.6 Å². The van der Waals surface area contributed by atoms with Gasteiger partial charge in [0, 0.05) is 12.0 Å². The average molecular weight is 178 g/mol. The van der Waals surface area contributed by atoms with Crippen LogP contribution in [0.25, 0.3) is 0 Å². The fourth-order valence-corrected chi connectivity index (χ4v) is 1.73. The Bertz CT molecular complexity index is 395. The highest BCUT2D eigenvalue weighted by Gasteiger charge is 2.36. The molecule has 4 heteroatoms. The molecule has 0 atom stereocenters. The smallest absolute Gasteiger partial charge is 0.276 e. The normalized spacial score (nSPS) is 22.2. The Morgan fingerprint density at radius 2 is 2.00 bits per heavy atom. The van der Waals surface area contributed by atoms with Crippen LogP contribution in [-0.2, 0) is 0 Å². The first-order valence-corrected chi connectivity index (χ1v) is 4.79. The van der Waals surface area contributed by atoms with E-state index >= 15 is 0 Å². The number of aromatic nitrogens is 3.